The van der Waals surface area contributed by atoms with Gasteiger partial charge in [0.2, 0.25) is 0 Å². The van der Waals surface area contributed by atoms with E-state index in [-0.39, 0.29) is 6.04 Å². The number of hydrogen-bond donors (Lipinski definition) is 2. The second-order valence-corrected chi connectivity index (χ2v) is 6.91. The second-order valence-electron chi connectivity index (χ2n) is 4.79. The zero-order chi connectivity index (χ0) is 13.2. The maximum atomic E-state index is 5.78. The molecule has 5 heteroatoms. The average molecular weight is 291 g/mol. The number of hydrogen-bond acceptors (Lipinski definition) is 5. The first-order chi connectivity index (χ1) is 9.28. The largest absolute Gasteiger partial charge is 0.271 e. The van der Waals surface area contributed by atoms with Crippen LogP contribution in [0.15, 0.2) is 34.5 Å². The first-order valence-electron chi connectivity index (χ1n) is 6.37. The zero-order valence-electron chi connectivity index (χ0n) is 10.8. The number of nitrogens with two attached hydrogens (primary N) is 1. The van der Waals surface area contributed by atoms with E-state index in [1.54, 1.807) is 11.3 Å². The van der Waals surface area contributed by atoms with Crippen molar-refractivity contribution in [3.8, 4) is 0 Å². The van der Waals surface area contributed by atoms with Gasteiger partial charge in [-0.3, -0.25) is 11.3 Å². The topological polar surface area (TPSA) is 50.9 Å². The lowest BCUT2D eigenvalue weighted by molar-refractivity contribution is 0.460. The first kappa shape index (κ1) is 13.1. The molecule has 2 unspecified atom stereocenters. The summed E-state index contributed by atoms with van der Waals surface area (Å²) in [5.74, 6) is 7.34. The average Bonchev–Trinajstić information content (AvgIpc) is 3.02. The van der Waals surface area contributed by atoms with Crippen LogP contribution in [0.5, 0.6) is 0 Å². The third-order valence-corrected chi connectivity index (χ3v) is 5.56. The van der Waals surface area contributed by atoms with E-state index in [1.165, 1.54) is 10.5 Å². The van der Waals surface area contributed by atoms with E-state index in [9.17, 15) is 0 Å². The van der Waals surface area contributed by atoms with Gasteiger partial charge in [0.15, 0.2) is 0 Å². The molecule has 0 saturated heterocycles. The monoisotopic (exact) mass is 291 g/mol. The summed E-state index contributed by atoms with van der Waals surface area (Å²) in [5, 5.41) is 3.25. The van der Waals surface area contributed by atoms with Crippen molar-refractivity contribution in [2.45, 2.75) is 30.2 Å². The third kappa shape index (κ3) is 2.69. The molecular weight excluding hydrogens is 274 g/mol. The van der Waals surface area contributed by atoms with E-state index in [4.69, 9.17) is 5.84 Å². The Bertz CT molecular complexity index is 567. The highest BCUT2D eigenvalue weighted by Crippen LogP contribution is 2.41. The van der Waals surface area contributed by atoms with Crippen molar-refractivity contribution < 1.29 is 0 Å². The molecule has 3 nitrogen and oxygen atoms in total. The molecule has 0 saturated carbocycles. The van der Waals surface area contributed by atoms with E-state index >= 15 is 0 Å². The summed E-state index contributed by atoms with van der Waals surface area (Å²) in [5.41, 5.74) is 5.55. The molecule has 100 valence electrons. The lowest BCUT2D eigenvalue weighted by Gasteiger charge is -2.22. The van der Waals surface area contributed by atoms with Crippen LogP contribution in [0.1, 0.15) is 22.2 Å². The van der Waals surface area contributed by atoms with Crippen LogP contribution >= 0.6 is 23.1 Å². The van der Waals surface area contributed by atoms with Crippen molar-refractivity contribution in [1.82, 2.24) is 10.4 Å². The van der Waals surface area contributed by atoms with Gasteiger partial charge in [-0.25, -0.2) is 4.98 Å². The summed E-state index contributed by atoms with van der Waals surface area (Å²) in [6.45, 7) is 2.04. The SMILES string of the molecule is Cc1nc(CC(NN)C2CSc3ccccc32)cs1. The first-order valence-corrected chi connectivity index (χ1v) is 8.23. The maximum Gasteiger partial charge on any atom is 0.0897 e. The molecule has 0 amide bonds. The Morgan fingerprint density at radius 1 is 1.47 bits per heavy atom. The molecule has 1 aromatic heterocycles. The highest BCUT2D eigenvalue weighted by Gasteiger charge is 2.30. The van der Waals surface area contributed by atoms with Gasteiger partial charge in [-0.15, -0.1) is 23.1 Å². The van der Waals surface area contributed by atoms with Crippen LogP contribution in [0.25, 0.3) is 0 Å². The molecule has 2 heterocycles. The molecule has 3 rings (SSSR count). The summed E-state index contributed by atoms with van der Waals surface area (Å²) in [6, 6.07) is 8.87. The van der Waals surface area contributed by atoms with Crippen LogP contribution in [-0.4, -0.2) is 16.8 Å². The molecule has 0 aliphatic carbocycles. The van der Waals surface area contributed by atoms with Gasteiger partial charge in [-0.1, -0.05) is 18.2 Å². The summed E-state index contributed by atoms with van der Waals surface area (Å²) in [4.78, 5) is 5.93. The summed E-state index contributed by atoms with van der Waals surface area (Å²) in [7, 11) is 0. The normalized spacial score (nSPS) is 19.4. The number of thiazole rings is 1. The Balaban J connectivity index is 1.80. The Kier molecular flexibility index (Phi) is 3.88. The van der Waals surface area contributed by atoms with E-state index in [2.05, 4.69) is 40.1 Å². The molecule has 1 aliphatic rings. The van der Waals surface area contributed by atoms with Crippen molar-refractivity contribution in [2.24, 2.45) is 5.84 Å². The van der Waals surface area contributed by atoms with E-state index in [0.29, 0.717) is 5.92 Å². The molecule has 0 radical (unpaired) electrons. The lowest BCUT2D eigenvalue weighted by atomic mass is 9.91. The fourth-order valence-corrected chi connectivity index (χ4v) is 4.52. The fraction of sp³-hybridized carbons (Fsp3) is 0.357. The van der Waals surface area contributed by atoms with Crippen molar-refractivity contribution in [1.29, 1.82) is 0 Å². The zero-order valence-corrected chi connectivity index (χ0v) is 12.4. The molecule has 1 aliphatic heterocycles. The van der Waals surface area contributed by atoms with Crippen molar-refractivity contribution in [3.05, 3.63) is 45.9 Å². The van der Waals surface area contributed by atoms with Gasteiger partial charge in [-0.05, 0) is 18.6 Å². The Hall–Kier alpha value is -0.880. The van der Waals surface area contributed by atoms with Crippen LogP contribution < -0.4 is 11.3 Å². The Labute approximate surface area is 121 Å². The van der Waals surface area contributed by atoms with Gasteiger partial charge in [0.05, 0.1) is 10.7 Å². The number of aryl methyl sites for hydroxylation is 1. The highest BCUT2D eigenvalue weighted by atomic mass is 32.2. The fourth-order valence-electron chi connectivity index (χ4n) is 2.57. The number of nitrogens with zero attached hydrogens (tertiary/aromatic N) is 1. The molecule has 2 atom stereocenters. The van der Waals surface area contributed by atoms with Crippen LogP contribution in [0.3, 0.4) is 0 Å². The molecule has 0 bridgehead atoms. The van der Waals surface area contributed by atoms with Crippen LogP contribution in [-0.2, 0) is 6.42 Å². The number of thioether (sulfide) groups is 1. The summed E-state index contributed by atoms with van der Waals surface area (Å²) < 4.78 is 0. The Morgan fingerprint density at radius 3 is 3.05 bits per heavy atom. The standard InChI is InChI=1S/C14H17N3S2/c1-9-16-10(7-18-9)6-13(17-15)12-8-19-14-5-3-2-4-11(12)14/h2-5,7,12-13,17H,6,8,15H2,1H3. The van der Waals surface area contributed by atoms with Gasteiger partial charge in [0.1, 0.15) is 0 Å². The third-order valence-electron chi connectivity index (χ3n) is 3.53. The van der Waals surface area contributed by atoms with Crippen LogP contribution in [0, 0.1) is 6.92 Å². The van der Waals surface area contributed by atoms with Gasteiger partial charge in [-0.2, -0.15) is 0 Å². The molecule has 0 fully saturated rings. The molecule has 1 aromatic carbocycles. The quantitative estimate of drug-likeness (QED) is 0.672. The number of nitrogens with one attached hydrogen (secondary N) is 1. The minimum absolute atomic E-state index is 0.248. The number of aromatic nitrogens is 1. The second kappa shape index (κ2) is 5.63. The highest BCUT2D eigenvalue weighted by molar-refractivity contribution is 7.99. The predicted octanol–water partition coefficient (Wildman–Crippen LogP) is 2.72. The van der Waals surface area contributed by atoms with Crippen molar-refractivity contribution in [2.75, 3.05) is 5.75 Å². The molecule has 2 aromatic rings. The number of hydrazine groups is 1. The van der Waals surface area contributed by atoms with Gasteiger partial charge in [0.25, 0.3) is 0 Å². The molecule has 3 N–H and O–H groups in total. The van der Waals surface area contributed by atoms with Crippen LogP contribution in [0.2, 0.25) is 0 Å². The molecular formula is C14H17N3S2. The summed E-state index contributed by atoms with van der Waals surface area (Å²) in [6.07, 6.45) is 0.889. The van der Waals surface area contributed by atoms with Gasteiger partial charge in [0, 0.05) is 34.4 Å². The minimum Gasteiger partial charge on any atom is -0.271 e. The molecule has 0 spiro atoms. The lowest BCUT2D eigenvalue weighted by Crippen LogP contribution is -2.41. The van der Waals surface area contributed by atoms with Gasteiger partial charge >= 0.3 is 0 Å². The molecule has 19 heavy (non-hydrogen) atoms. The van der Waals surface area contributed by atoms with E-state index < -0.39 is 0 Å². The smallest absolute Gasteiger partial charge is 0.0897 e. The predicted molar refractivity (Wildman–Crippen MR) is 81.6 cm³/mol. The van der Waals surface area contributed by atoms with Gasteiger partial charge < -0.3 is 0 Å². The summed E-state index contributed by atoms with van der Waals surface area (Å²) >= 11 is 3.62. The van der Waals surface area contributed by atoms with Crippen molar-refractivity contribution in [3.63, 3.8) is 0 Å². The van der Waals surface area contributed by atoms with Crippen molar-refractivity contribution >= 4 is 23.1 Å². The van der Waals surface area contributed by atoms with E-state index in [1.807, 2.05) is 18.7 Å². The number of fused-ring (bicyclic) bond motifs is 1. The number of benzene rings is 1. The van der Waals surface area contributed by atoms with E-state index in [0.717, 1.165) is 22.9 Å². The van der Waals surface area contributed by atoms with Crippen LogP contribution in [0.4, 0.5) is 0 Å². The Morgan fingerprint density at radius 2 is 2.32 bits per heavy atom. The minimum atomic E-state index is 0.248. The maximum absolute atomic E-state index is 5.78. The number of rotatable bonds is 4.